The molecule has 0 saturated carbocycles. The summed E-state index contributed by atoms with van der Waals surface area (Å²) in [6, 6.07) is 6.18. The van der Waals surface area contributed by atoms with Crippen molar-refractivity contribution in [3.05, 3.63) is 33.8 Å². The Labute approximate surface area is 127 Å². The molecule has 0 spiro atoms. The minimum absolute atomic E-state index is 0.442. The van der Waals surface area contributed by atoms with Crippen molar-refractivity contribution in [2.75, 3.05) is 7.05 Å². The molecule has 108 valence electrons. The van der Waals surface area contributed by atoms with Crippen molar-refractivity contribution >= 4 is 23.2 Å². The fourth-order valence-corrected chi connectivity index (χ4v) is 3.29. The van der Waals surface area contributed by atoms with Gasteiger partial charge in [-0.1, -0.05) is 56.0 Å². The van der Waals surface area contributed by atoms with Gasteiger partial charge in [0.15, 0.2) is 0 Å². The average Bonchev–Trinajstić information content (AvgIpc) is 2.38. The zero-order valence-electron chi connectivity index (χ0n) is 12.2. The third-order valence-electron chi connectivity index (χ3n) is 3.74. The molecule has 3 heteroatoms. The first-order valence-electron chi connectivity index (χ1n) is 7.24. The zero-order valence-corrected chi connectivity index (χ0v) is 13.7. The van der Waals surface area contributed by atoms with Crippen LogP contribution in [0.25, 0.3) is 0 Å². The lowest BCUT2D eigenvalue weighted by atomic mass is 9.86. The Morgan fingerprint density at radius 1 is 1.05 bits per heavy atom. The van der Waals surface area contributed by atoms with E-state index in [-0.39, 0.29) is 0 Å². The van der Waals surface area contributed by atoms with Crippen molar-refractivity contribution in [2.45, 2.75) is 52.0 Å². The van der Waals surface area contributed by atoms with Crippen LogP contribution < -0.4 is 5.32 Å². The van der Waals surface area contributed by atoms with E-state index in [0.717, 1.165) is 22.0 Å². The van der Waals surface area contributed by atoms with Gasteiger partial charge in [-0.15, -0.1) is 0 Å². The van der Waals surface area contributed by atoms with Crippen LogP contribution >= 0.6 is 23.2 Å². The number of benzene rings is 1. The molecule has 1 aromatic carbocycles. The summed E-state index contributed by atoms with van der Waals surface area (Å²) in [6.45, 7) is 4.50. The standard InChI is InChI=1S/C16H25Cl2N/c1-4-7-12(8-5-2)16(19-3)11-13-14(17)9-6-10-15(13)18/h6,9-10,12,16,19H,4-5,7-8,11H2,1-3H3. The molecule has 1 rings (SSSR count). The molecule has 0 radical (unpaired) electrons. The van der Waals surface area contributed by atoms with E-state index < -0.39 is 0 Å². The lowest BCUT2D eigenvalue weighted by Crippen LogP contribution is -2.35. The summed E-state index contributed by atoms with van der Waals surface area (Å²) in [5, 5.41) is 5.01. The summed E-state index contributed by atoms with van der Waals surface area (Å²) < 4.78 is 0. The molecule has 1 N–H and O–H groups in total. The smallest absolute Gasteiger partial charge is 0.0453 e. The van der Waals surface area contributed by atoms with E-state index in [2.05, 4.69) is 19.2 Å². The normalized spacial score (nSPS) is 12.9. The highest BCUT2D eigenvalue weighted by atomic mass is 35.5. The number of likely N-dealkylation sites (N-methyl/N-ethyl adjacent to an activating group) is 1. The summed E-state index contributed by atoms with van der Waals surface area (Å²) >= 11 is 12.6. The number of nitrogens with one attached hydrogen (secondary N) is 1. The molecule has 0 heterocycles. The molecule has 0 aliphatic rings. The average molecular weight is 302 g/mol. The highest BCUT2D eigenvalue weighted by molar-refractivity contribution is 6.36. The molecule has 1 nitrogen and oxygen atoms in total. The summed E-state index contributed by atoms with van der Waals surface area (Å²) in [7, 11) is 2.04. The van der Waals surface area contributed by atoms with E-state index in [4.69, 9.17) is 23.2 Å². The zero-order chi connectivity index (χ0) is 14.3. The molecule has 0 saturated heterocycles. The Bertz CT molecular complexity index is 353. The summed E-state index contributed by atoms with van der Waals surface area (Å²) in [6.07, 6.45) is 5.85. The van der Waals surface area contributed by atoms with Crippen molar-refractivity contribution in [3.8, 4) is 0 Å². The van der Waals surface area contributed by atoms with Gasteiger partial charge in [0.1, 0.15) is 0 Å². The Balaban J connectivity index is 2.85. The second kappa shape index (κ2) is 8.84. The number of hydrogen-bond donors (Lipinski definition) is 1. The van der Waals surface area contributed by atoms with Crippen LogP contribution in [0, 0.1) is 5.92 Å². The molecule has 1 atom stereocenters. The lowest BCUT2D eigenvalue weighted by Gasteiger charge is -2.27. The van der Waals surface area contributed by atoms with Gasteiger partial charge < -0.3 is 5.32 Å². The van der Waals surface area contributed by atoms with E-state index in [0.29, 0.717) is 12.0 Å². The highest BCUT2D eigenvalue weighted by Gasteiger charge is 2.21. The summed E-state index contributed by atoms with van der Waals surface area (Å²) in [4.78, 5) is 0. The van der Waals surface area contributed by atoms with Gasteiger partial charge >= 0.3 is 0 Å². The maximum absolute atomic E-state index is 6.28. The Morgan fingerprint density at radius 2 is 1.58 bits per heavy atom. The maximum atomic E-state index is 6.28. The molecule has 1 aromatic rings. The molecule has 0 amide bonds. The van der Waals surface area contributed by atoms with Gasteiger partial charge in [0, 0.05) is 16.1 Å². The lowest BCUT2D eigenvalue weighted by molar-refractivity contribution is 0.323. The van der Waals surface area contributed by atoms with Gasteiger partial charge in [-0.2, -0.15) is 0 Å². The third kappa shape index (κ3) is 4.98. The van der Waals surface area contributed by atoms with Gasteiger partial charge in [0.25, 0.3) is 0 Å². The number of rotatable bonds is 8. The Morgan fingerprint density at radius 3 is 2.00 bits per heavy atom. The largest absolute Gasteiger partial charge is 0.316 e. The fourth-order valence-electron chi connectivity index (χ4n) is 2.74. The van der Waals surface area contributed by atoms with Crippen LogP contribution in [0.3, 0.4) is 0 Å². The van der Waals surface area contributed by atoms with Crippen molar-refractivity contribution in [2.24, 2.45) is 5.92 Å². The Hall–Kier alpha value is -0.240. The fraction of sp³-hybridized carbons (Fsp3) is 0.625. The van der Waals surface area contributed by atoms with Crippen LogP contribution in [0.15, 0.2) is 18.2 Å². The first-order valence-corrected chi connectivity index (χ1v) is 7.99. The van der Waals surface area contributed by atoms with Crippen LogP contribution in [0.1, 0.15) is 45.1 Å². The molecule has 0 aliphatic carbocycles. The van der Waals surface area contributed by atoms with Crippen molar-refractivity contribution in [1.29, 1.82) is 0 Å². The second-order valence-corrected chi connectivity index (χ2v) is 5.95. The van der Waals surface area contributed by atoms with Crippen LogP contribution in [-0.2, 0) is 6.42 Å². The van der Waals surface area contributed by atoms with Gasteiger partial charge in [-0.25, -0.2) is 0 Å². The topological polar surface area (TPSA) is 12.0 Å². The molecule has 0 aromatic heterocycles. The molecule has 0 bridgehead atoms. The van der Waals surface area contributed by atoms with Crippen molar-refractivity contribution in [3.63, 3.8) is 0 Å². The molecular weight excluding hydrogens is 277 g/mol. The van der Waals surface area contributed by atoms with Gasteiger partial charge in [-0.3, -0.25) is 0 Å². The summed E-state index contributed by atoms with van der Waals surface area (Å²) in [5.74, 6) is 0.687. The minimum Gasteiger partial charge on any atom is -0.316 e. The van der Waals surface area contributed by atoms with Gasteiger partial charge in [0.05, 0.1) is 0 Å². The van der Waals surface area contributed by atoms with Crippen LogP contribution in [0.2, 0.25) is 10.0 Å². The Kier molecular flexibility index (Phi) is 7.82. The number of halogens is 2. The molecule has 0 aliphatic heterocycles. The van der Waals surface area contributed by atoms with Crippen LogP contribution in [0.5, 0.6) is 0 Å². The molecular formula is C16H25Cl2N. The van der Waals surface area contributed by atoms with E-state index in [1.807, 2.05) is 25.2 Å². The van der Waals surface area contributed by atoms with Gasteiger partial charge in [-0.05, 0) is 49.9 Å². The first-order chi connectivity index (χ1) is 9.13. The van der Waals surface area contributed by atoms with E-state index >= 15 is 0 Å². The van der Waals surface area contributed by atoms with Gasteiger partial charge in [0.2, 0.25) is 0 Å². The summed E-state index contributed by atoms with van der Waals surface area (Å²) in [5.41, 5.74) is 1.07. The van der Waals surface area contributed by atoms with E-state index in [1.165, 1.54) is 25.7 Å². The quantitative estimate of drug-likeness (QED) is 0.683. The monoisotopic (exact) mass is 301 g/mol. The predicted octanol–water partition coefficient (Wildman–Crippen LogP) is 5.34. The van der Waals surface area contributed by atoms with E-state index in [1.54, 1.807) is 0 Å². The predicted molar refractivity (Wildman–Crippen MR) is 86.3 cm³/mol. The molecule has 1 unspecified atom stereocenters. The second-order valence-electron chi connectivity index (χ2n) is 5.14. The van der Waals surface area contributed by atoms with E-state index in [9.17, 15) is 0 Å². The van der Waals surface area contributed by atoms with Crippen LogP contribution in [0.4, 0.5) is 0 Å². The first kappa shape index (κ1) is 16.8. The number of hydrogen-bond acceptors (Lipinski definition) is 1. The molecule has 0 fully saturated rings. The maximum Gasteiger partial charge on any atom is 0.0453 e. The molecule has 19 heavy (non-hydrogen) atoms. The highest BCUT2D eigenvalue weighted by Crippen LogP contribution is 2.28. The SMILES string of the molecule is CCCC(CCC)C(Cc1c(Cl)cccc1Cl)NC. The van der Waals surface area contributed by atoms with Crippen molar-refractivity contribution < 1.29 is 0 Å². The van der Waals surface area contributed by atoms with Crippen LogP contribution in [-0.4, -0.2) is 13.1 Å². The van der Waals surface area contributed by atoms with Crippen molar-refractivity contribution in [1.82, 2.24) is 5.32 Å². The minimum atomic E-state index is 0.442. The third-order valence-corrected chi connectivity index (χ3v) is 4.45.